The molecule has 0 saturated heterocycles. The number of fused-ring (bicyclic) bond motifs is 1. The van der Waals surface area contributed by atoms with Gasteiger partial charge < -0.3 is 4.52 Å². The fourth-order valence-corrected chi connectivity index (χ4v) is 3.69. The van der Waals surface area contributed by atoms with Crippen molar-refractivity contribution in [2.24, 2.45) is 4.99 Å². The maximum Gasteiger partial charge on any atom is 0.267 e. The van der Waals surface area contributed by atoms with Crippen LogP contribution < -0.4 is 4.72 Å². The summed E-state index contributed by atoms with van der Waals surface area (Å²) in [4.78, 5) is 4.24. The molecule has 1 aromatic heterocycles. The number of nitrogens with zero attached hydrogens (tertiary/aromatic N) is 2. The molecule has 0 atom stereocenters. The molecule has 1 aliphatic rings. The van der Waals surface area contributed by atoms with Gasteiger partial charge in [0, 0.05) is 11.8 Å². The molecule has 0 spiro atoms. The van der Waals surface area contributed by atoms with Gasteiger partial charge in [0.25, 0.3) is 10.0 Å². The summed E-state index contributed by atoms with van der Waals surface area (Å²) in [7, 11) is -3.72. The minimum Gasteiger partial charge on any atom is -0.360 e. The minimum absolute atomic E-state index is 0.0880. The monoisotopic (exact) mass is 291 g/mol. The molecule has 0 amide bonds. The van der Waals surface area contributed by atoms with Crippen molar-refractivity contribution in [3.63, 3.8) is 0 Å². The predicted molar refractivity (Wildman–Crippen MR) is 74.5 cm³/mol. The quantitative estimate of drug-likeness (QED) is 0.937. The summed E-state index contributed by atoms with van der Waals surface area (Å²) in [5.41, 5.74) is 2.67. The van der Waals surface area contributed by atoms with E-state index in [2.05, 4.69) is 14.9 Å². The second kappa shape index (κ2) is 4.45. The molecule has 1 aromatic carbocycles. The van der Waals surface area contributed by atoms with E-state index in [1.54, 1.807) is 32.2 Å². The Morgan fingerprint density at radius 1 is 1.30 bits per heavy atom. The van der Waals surface area contributed by atoms with E-state index in [-0.39, 0.29) is 10.7 Å². The van der Waals surface area contributed by atoms with E-state index in [1.165, 1.54) is 0 Å². The first-order chi connectivity index (χ1) is 9.49. The van der Waals surface area contributed by atoms with Crippen molar-refractivity contribution >= 4 is 21.9 Å². The molecule has 0 saturated carbocycles. The third kappa shape index (κ3) is 2.00. The third-order valence-corrected chi connectivity index (χ3v) is 4.77. The Kier molecular flexibility index (Phi) is 2.86. The van der Waals surface area contributed by atoms with Gasteiger partial charge in [-0.3, -0.25) is 9.71 Å². The molecular weight excluding hydrogens is 278 g/mol. The molecule has 104 valence electrons. The highest BCUT2D eigenvalue weighted by Crippen LogP contribution is 2.27. The molecule has 0 fully saturated rings. The van der Waals surface area contributed by atoms with Crippen LogP contribution in [0.1, 0.15) is 22.6 Å². The molecule has 3 rings (SSSR count). The number of nitrogens with one attached hydrogen (secondary N) is 1. The first-order valence-corrected chi connectivity index (χ1v) is 7.55. The molecule has 0 aliphatic carbocycles. The van der Waals surface area contributed by atoms with E-state index in [4.69, 9.17) is 4.52 Å². The largest absolute Gasteiger partial charge is 0.360 e. The Hall–Kier alpha value is -2.15. The van der Waals surface area contributed by atoms with Crippen molar-refractivity contribution < 1.29 is 12.9 Å². The van der Waals surface area contributed by atoms with E-state index >= 15 is 0 Å². The van der Waals surface area contributed by atoms with E-state index in [9.17, 15) is 8.42 Å². The summed E-state index contributed by atoms with van der Waals surface area (Å²) >= 11 is 0. The minimum atomic E-state index is -3.72. The van der Waals surface area contributed by atoms with Crippen molar-refractivity contribution in [2.45, 2.75) is 25.3 Å². The van der Waals surface area contributed by atoms with Crippen LogP contribution in [-0.4, -0.2) is 19.8 Å². The first kappa shape index (κ1) is 12.9. The van der Waals surface area contributed by atoms with Gasteiger partial charge in [-0.05, 0) is 25.5 Å². The molecule has 1 aliphatic heterocycles. The number of rotatable bonds is 3. The van der Waals surface area contributed by atoms with E-state index in [0.29, 0.717) is 17.9 Å². The zero-order chi connectivity index (χ0) is 14.3. The molecule has 2 heterocycles. The molecule has 1 N–H and O–H groups in total. The van der Waals surface area contributed by atoms with Crippen LogP contribution in [0.3, 0.4) is 0 Å². The summed E-state index contributed by atoms with van der Waals surface area (Å²) in [6.45, 7) is 3.75. The van der Waals surface area contributed by atoms with Gasteiger partial charge in [-0.25, -0.2) is 8.42 Å². The number of hydrogen-bond donors (Lipinski definition) is 1. The van der Waals surface area contributed by atoms with Gasteiger partial charge >= 0.3 is 0 Å². The lowest BCUT2D eigenvalue weighted by atomic mass is 10.1. The van der Waals surface area contributed by atoms with Gasteiger partial charge in [-0.2, -0.15) is 0 Å². The van der Waals surface area contributed by atoms with E-state index in [0.717, 1.165) is 11.1 Å². The number of sulfonamides is 1. The van der Waals surface area contributed by atoms with Crippen LogP contribution >= 0.6 is 0 Å². The normalized spacial score (nSPS) is 13.5. The van der Waals surface area contributed by atoms with Crippen molar-refractivity contribution in [3.8, 4) is 0 Å². The summed E-state index contributed by atoms with van der Waals surface area (Å²) < 4.78 is 32.4. The summed E-state index contributed by atoms with van der Waals surface area (Å²) in [6.07, 6.45) is 1.68. The molecule has 0 radical (unpaired) electrons. The summed E-state index contributed by atoms with van der Waals surface area (Å²) in [5.74, 6) is 0.274. The number of aliphatic imine (C=N–C) groups is 1. The number of benzene rings is 1. The number of aromatic nitrogens is 1. The highest BCUT2D eigenvalue weighted by Gasteiger charge is 2.25. The van der Waals surface area contributed by atoms with E-state index < -0.39 is 10.0 Å². The molecule has 0 bridgehead atoms. The molecule has 6 nitrogen and oxygen atoms in total. The lowest BCUT2D eigenvalue weighted by Gasteiger charge is -2.10. The number of aryl methyl sites for hydroxylation is 2. The van der Waals surface area contributed by atoms with Crippen molar-refractivity contribution in [1.82, 2.24) is 5.16 Å². The molecule has 7 heteroatoms. The maximum absolute atomic E-state index is 12.4. The SMILES string of the molecule is Cc1noc(C)c1S(=O)(=O)Nc1cccc2c1C=NC2. The average Bonchev–Trinajstić information content (AvgIpc) is 2.96. The molecule has 0 unspecified atom stereocenters. The highest BCUT2D eigenvalue weighted by atomic mass is 32.2. The van der Waals surface area contributed by atoms with Crippen LogP contribution in [-0.2, 0) is 16.6 Å². The van der Waals surface area contributed by atoms with Crippen molar-refractivity contribution in [1.29, 1.82) is 0 Å². The van der Waals surface area contributed by atoms with Crippen LogP contribution in [0, 0.1) is 13.8 Å². The zero-order valence-electron chi connectivity index (χ0n) is 11.0. The average molecular weight is 291 g/mol. The summed E-state index contributed by atoms with van der Waals surface area (Å²) in [5, 5.41) is 3.68. The Morgan fingerprint density at radius 3 is 2.80 bits per heavy atom. The molecular formula is C13H13N3O3S. The van der Waals surface area contributed by atoms with Crippen LogP contribution in [0.2, 0.25) is 0 Å². The third-order valence-electron chi connectivity index (χ3n) is 3.16. The highest BCUT2D eigenvalue weighted by molar-refractivity contribution is 7.92. The fraction of sp³-hybridized carbons (Fsp3) is 0.231. The topological polar surface area (TPSA) is 84.6 Å². The van der Waals surface area contributed by atoms with Gasteiger partial charge in [0.05, 0.1) is 12.2 Å². The zero-order valence-corrected chi connectivity index (χ0v) is 11.9. The Labute approximate surface area is 116 Å². The number of hydrogen-bond acceptors (Lipinski definition) is 5. The lowest BCUT2D eigenvalue weighted by molar-refractivity contribution is 0.390. The first-order valence-electron chi connectivity index (χ1n) is 6.06. The fourth-order valence-electron chi connectivity index (χ4n) is 2.28. The van der Waals surface area contributed by atoms with Gasteiger partial charge in [0.15, 0.2) is 10.7 Å². The van der Waals surface area contributed by atoms with Gasteiger partial charge in [-0.15, -0.1) is 0 Å². The second-order valence-corrected chi connectivity index (χ2v) is 6.23. The van der Waals surface area contributed by atoms with Crippen molar-refractivity contribution in [3.05, 3.63) is 40.8 Å². The Morgan fingerprint density at radius 2 is 2.10 bits per heavy atom. The van der Waals surface area contributed by atoms with Crippen LogP contribution in [0.4, 0.5) is 5.69 Å². The Bertz CT molecular complexity index is 787. The molecule has 20 heavy (non-hydrogen) atoms. The number of anilines is 1. The predicted octanol–water partition coefficient (Wildman–Crippen LogP) is 2.02. The van der Waals surface area contributed by atoms with Crippen LogP contribution in [0.25, 0.3) is 0 Å². The maximum atomic E-state index is 12.4. The smallest absolute Gasteiger partial charge is 0.267 e. The van der Waals surface area contributed by atoms with Crippen molar-refractivity contribution in [2.75, 3.05) is 4.72 Å². The van der Waals surface area contributed by atoms with Crippen LogP contribution in [0.15, 0.2) is 32.6 Å². The van der Waals surface area contributed by atoms with Gasteiger partial charge in [0.1, 0.15) is 5.69 Å². The molecule has 2 aromatic rings. The van der Waals surface area contributed by atoms with Crippen LogP contribution in [0.5, 0.6) is 0 Å². The van der Waals surface area contributed by atoms with E-state index in [1.807, 2.05) is 6.07 Å². The second-order valence-electron chi connectivity index (χ2n) is 4.61. The van der Waals surface area contributed by atoms with Gasteiger partial charge in [-0.1, -0.05) is 17.3 Å². The lowest BCUT2D eigenvalue weighted by Crippen LogP contribution is -2.15. The summed E-state index contributed by atoms with van der Waals surface area (Å²) in [6, 6.07) is 5.45. The van der Waals surface area contributed by atoms with Gasteiger partial charge in [0.2, 0.25) is 0 Å². The standard InChI is InChI=1S/C13H13N3O3S/c1-8-13(9(2)19-15-8)20(17,18)16-12-5-3-4-10-6-14-7-11(10)12/h3-5,7,16H,6H2,1-2H3. The Balaban J connectivity index is 2.04.